The average Bonchev–Trinajstić information content (AvgIpc) is 2.74. The Labute approximate surface area is 114 Å². The molecule has 2 unspecified atom stereocenters. The van der Waals surface area contributed by atoms with Crippen LogP contribution in [-0.4, -0.2) is 49.1 Å². The van der Waals surface area contributed by atoms with Crippen LogP contribution in [0.5, 0.6) is 0 Å². The van der Waals surface area contributed by atoms with Crippen molar-refractivity contribution >= 4 is 0 Å². The van der Waals surface area contributed by atoms with Gasteiger partial charge in [-0.25, -0.2) is 0 Å². The Balaban J connectivity index is 1.60. The second-order valence-corrected chi connectivity index (χ2v) is 6.97. The minimum atomic E-state index is 0.881. The third-order valence-corrected chi connectivity index (χ3v) is 5.39. The zero-order chi connectivity index (χ0) is 13.1. The molecule has 0 amide bonds. The molecule has 2 heteroatoms. The van der Waals surface area contributed by atoms with Crippen LogP contribution in [0.3, 0.4) is 0 Å². The van der Waals surface area contributed by atoms with Crippen LogP contribution in [0.1, 0.15) is 40.5 Å². The van der Waals surface area contributed by atoms with Crippen LogP contribution in [0.25, 0.3) is 0 Å². The summed E-state index contributed by atoms with van der Waals surface area (Å²) in [5.41, 5.74) is 0. The van der Waals surface area contributed by atoms with E-state index in [1.165, 1.54) is 52.1 Å². The molecule has 2 heterocycles. The van der Waals surface area contributed by atoms with Gasteiger partial charge in [-0.05, 0) is 56.1 Å². The van der Waals surface area contributed by atoms with Gasteiger partial charge in [0.2, 0.25) is 0 Å². The summed E-state index contributed by atoms with van der Waals surface area (Å²) in [7, 11) is 0. The molecule has 18 heavy (non-hydrogen) atoms. The van der Waals surface area contributed by atoms with Crippen molar-refractivity contribution in [3.05, 3.63) is 0 Å². The van der Waals surface area contributed by atoms with E-state index in [1.54, 1.807) is 0 Å². The van der Waals surface area contributed by atoms with Crippen molar-refractivity contribution in [2.75, 3.05) is 39.3 Å². The third kappa shape index (κ3) is 3.48. The Morgan fingerprint density at radius 1 is 1.00 bits per heavy atom. The minimum absolute atomic E-state index is 0.881. The zero-order valence-corrected chi connectivity index (χ0v) is 12.9. The Morgan fingerprint density at radius 3 is 2.22 bits per heavy atom. The summed E-state index contributed by atoms with van der Waals surface area (Å²) in [6, 6.07) is 0. The Morgan fingerprint density at radius 2 is 1.67 bits per heavy atom. The molecule has 0 N–H and O–H groups in total. The van der Waals surface area contributed by atoms with Crippen molar-refractivity contribution in [3.8, 4) is 0 Å². The van der Waals surface area contributed by atoms with E-state index in [0.717, 1.165) is 23.7 Å². The van der Waals surface area contributed by atoms with Crippen molar-refractivity contribution in [2.24, 2.45) is 23.7 Å². The van der Waals surface area contributed by atoms with Crippen LogP contribution in [0.15, 0.2) is 0 Å². The van der Waals surface area contributed by atoms with Crippen LogP contribution >= 0.6 is 0 Å². The molecule has 0 aromatic carbocycles. The first-order valence-corrected chi connectivity index (χ1v) is 8.04. The third-order valence-electron chi connectivity index (χ3n) is 5.39. The predicted octanol–water partition coefficient (Wildman–Crippen LogP) is 2.94. The van der Waals surface area contributed by atoms with E-state index in [-0.39, 0.29) is 0 Å². The highest BCUT2D eigenvalue weighted by Gasteiger charge is 2.30. The summed E-state index contributed by atoms with van der Waals surface area (Å²) in [6.45, 7) is 17.5. The number of nitrogens with zero attached hydrogens (tertiary/aromatic N) is 2. The molecule has 106 valence electrons. The van der Waals surface area contributed by atoms with Crippen LogP contribution in [0.2, 0.25) is 0 Å². The van der Waals surface area contributed by atoms with Gasteiger partial charge in [-0.15, -0.1) is 0 Å². The fraction of sp³-hybridized carbons (Fsp3) is 1.00. The van der Waals surface area contributed by atoms with E-state index in [0.29, 0.717) is 0 Å². The fourth-order valence-electron chi connectivity index (χ4n) is 3.45. The molecule has 2 nitrogen and oxygen atoms in total. The Hall–Kier alpha value is -0.0800. The monoisotopic (exact) mass is 252 g/mol. The molecule has 0 spiro atoms. The van der Waals surface area contributed by atoms with Gasteiger partial charge in [0, 0.05) is 19.6 Å². The largest absolute Gasteiger partial charge is 0.303 e. The van der Waals surface area contributed by atoms with E-state index < -0.39 is 0 Å². The maximum atomic E-state index is 2.66. The Bertz CT molecular complexity index is 245. The second-order valence-electron chi connectivity index (χ2n) is 6.97. The highest BCUT2D eigenvalue weighted by atomic mass is 15.2. The minimum Gasteiger partial charge on any atom is -0.303 e. The summed E-state index contributed by atoms with van der Waals surface area (Å²) >= 11 is 0. The number of likely N-dealkylation sites (tertiary alicyclic amines) is 2. The van der Waals surface area contributed by atoms with Gasteiger partial charge in [0.25, 0.3) is 0 Å². The van der Waals surface area contributed by atoms with E-state index in [9.17, 15) is 0 Å². The summed E-state index contributed by atoms with van der Waals surface area (Å²) in [6.07, 6.45) is 2.84. The second kappa shape index (κ2) is 6.38. The van der Waals surface area contributed by atoms with Crippen LogP contribution in [-0.2, 0) is 0 Å². The maximum absolute atomic E-state index is 2.66. The van der Waals surface area contributed by atoms with Crippen LogP contribution < -0.4 is 0 Å². The van der Waals surface area contributed by atoms with Gasteiger partial charge in [0.05, 0.1) is 0 Å². The molecule has 0 saturated carbocycles. The highest BCUT2D eigenvalue weighted by molar-refractivity contribution is 4.84. The highest BCUT2D eigenvalue weighted by Crippen LogP contribution is 2.28. The van der Waals surface area contributed by atoms with E-state index in [2.05, 4.69) is 37.5 Å². The summed E-state index contributed by atoms with van der Waals surface area (Å²) < 4.78 is 0. The summed E-state index contributed by atoms with van der Waals surface area (Å²) in [4.78, 5) is 5.27. The van der Waals surface area contributed by atoms with Crippen molar-refractivity contribution in [1.82, 2.24) is 9.80 Å². The van der Waals surface area contributed by atoms with Gasteiger partial charge in [-0.2, -0.15) is 0 Å². The zero-order valence-electron chi connectivity index (χ0n) is 12.9. The molecule has 2 rings (SSSR count). The SMILES string of the molecule is CCN1CCC(C(C)CCN2CC(C(C)C)C2)C1. The molecule has 2 saturated heterocycles. The van der Waals surface area contributed by atoms with Crippen molar-refractivity contribution in [3.63, 3.8) is 0 Å². The molecule has 0 aromatic rings. The first-order valence-electron chi connectivity index (χ1n) is 8.04. The standard InChI is InChI=1S/C16H32N2/c1-5-17-9-7-15(10-17)14(4)6-8-18-11-16(12-18)13(2)3/h13-16H,5-12H2,1-4H3. The maximum Gasteiger partial charge on any atom is 0.00245 e. The molecule has 2 atom stereocenters. The molecule has 2 fully saturated rings. The van der Waals surface area contributed by atoms with Gasteiger partial charge in [0.15, 0.2) is 0 Å². The van der Waals surface area contributed by atoms with Gasteiger partial charge in [0.1, 0.15) is 0 Å². The lowest BCUT2D eigenvalue weighted by Crippen LogP contribution is -2.49. The lowest BCUT2D eigenvalue weighted by Gasteiger charge is -2.42. The lowest BCUT2D eigenvalue weighted by molar-refractivity contribution is 0.0610. The van der Waals surface area contributed by atoms with Crippen molar-refractivity contribution < 1.29 is 0 Å². The normalized spacial score (nSPS) is 28.8. The van der Waals surface area contributed by atoms with Crippen LogP contribution in [0.4, 0.5) is 0 Å². The summed E-state index contributed by atoms with van der Waals surface area (Å²) in [5, 5.41) is 0. The molecule has 0 radical (unpaired) electrons. The number of rotatable bonds is 6. The average molecular weight is 252 g/mol. The Kier molecular flexibility index (Phi) is 5.08. The predicted molar refractivity (Wildman–Crippen MR) is 78.8 cm³/mol. The van der Waals surface area contributed by atoms with Crippen molar-refractivity contribution in [2.45, 2.75) is 40.5 Å². The number of hydrogen-bond donors (Lipinski definition) is 0. The van der Waals surface area contributed by atoms with Crippen LogP contribution in [0, 0.1) is 23.7 Å². The molecule has 2 aliphatic rings. The van der Waals surface area contributed by atoms with E-state index in [4.69, 9.17) is 0 Å². The van der Waals surface area contributed by atoms with Gasteiger partial charge in [-0.1, -0.05) is 27.7 Å². The topological polar surface area (TPSA) is 6.48 Å². The smallest absolute Gasteiger partial charge is 0.00245 e. The van der Waals surface area contributed by atoms with E-state index >= 15 is 0 Å². The fourth-order valence-corrected chi connectivity index (χ4v) is 3.45. The number of hydrogen-bond acceptors (Lipinski definition) is 2. The van der Waals surface area contributed by atoms with Gasteiger partial charge >= 0.3 is 0 Å². The molecular formula is C16H32N2. The quantitative estimate of drug-likeness (QED) is 0.717. The molecular weight excluding hydrogens is 220 g/mol. The van der Waals surface area contributed by atoms with Gasteiger partial charge in [-0.3, -0.25) is 0 Å². The van der Waals surface area contributed by atoms with E-state index in [1.807, 2.05) is 0 Å². The van der Waals surface area contributed by atoms with Gasteiger partial charge < -0.3 is 9.80 Å². The molecule has 2 aliphatic heterocycles. The lowest BCUT2D eigenvalue weighted by atomic mass is 9.86. The summed E-state index contributed by atoms with van der Waals surface area (Å²) in [5.74, 6) is 3.74. The molecule has 0 bridgehead atoms. The molecule has 0 aromatic heterocycles. The van der Waals surface area contributed by atoms with Crippen molar-refractivity contribution in [1.29, 1.82) is 0 Å². The molecule has 0 aliphatic carbocycles. The first-order chi connectivity index (χ1) is 8.60. The first kappa shape index (κ1) is 14.3.